The van der Waals surface area contributed by atoms with Crippen LogP contribution in [0.25, 0.3) is 0 Å². The number of esters is 1. The van der Waals surface area contributed by atoms with Gasteiger partial charge in [-0.15, -0.1) is 0 Å². The fourth-order valence-corrected chi connectivity index (χ4v) is 9.93. The highest BCUT2D eigenvalue weighted by Crippen LogP contribution is 2.73. The summed E-state index contributed by atoms with van der Waals surface area (Å²) in [5.74, 6) is -2.93. The van der Waals surface area contributed by atoms with Crippen molar-refractivity contribution in [1.29, 1.82) is 0 Å². The molecule has 0 spiro atoms. The third kappa shape index (κ3) is 4.12. The lowest BCUT2D eigenvalue weighted by atomic mass is 9.44. The molecule has 1 aromatic rings. The zero-order valence-corrected chi connectivity index (χ0v) is 25.2. The lowest BCUT2D eigenvalue weighted by Crippen LogP contribution is -2.70. The number of alkyl halides is 2. The van der Waals surface area contributed by atoms with Gasteiger partial charge in [-0.2, -0.15) is 5.06 Å². The topological polar surface area (TPSA) is 93.1 Å². The minimum Gasteiger partial charge on any atom is -0.454 e. The second-order valence-electron chi connectivity index (χ2n) is 12.8. The van der Waals surface area contributed by atoms with Gasteiger partial charge in [0.1, 0.15) is 12.1 Å². The standard InChI is InChI=1S/C31H34ClF2NO6S/c1-17(36)40-16-42-27(39)31-19(15-35(41-31)14-18-4-6-20(32)7-5-18)10-22-23-12-25(33)24-11-21(37)8-9-28(24,2)30(23,34)26(38)13-29(22,31)3/h4-9,11,19,22-23,25-26,38H,10,12-16H2,1-3H3/t19-,22-,23-,25-,26-,28-,29-,30-,31-/m0/s1. The number of ketones is 1. The first kappa shape index (κ1) is 29.9. The van der Waals surface area contributed by atoms with E-state index in [4.69, 9.17) is 21.2 Å². The smallest absolute Gasteiger partial charge is 0.303 e. The number of hydroxylamine groups is 2. The molecule has 11 heteroatoms. The first-order chi connectivity index (χ1) is 19.8. The van der Waals surface area contributed by atoms with Gasteiger partial charge in [0.15, 0.2) is 17.1 Å². The van der Waals surface area contributed by atoms with E-state index in [1.807, 2.05) is 19.1 Å². The number of hydrogen-bond acceptors (Lipinski definition) is 8. The second-order valence-corrected chi connectivity index (χ2v) is 14.1. The number of benzene rings is 1. The molecule has 0 aromatic heterocycles. The maximum Gasteiger partial charge on any atom is 0.303 e. The Balaban J connectivity index is 1.38. The van der Waals surface area contributed by atoms with Crippen molar-refractivity contribution in [1.82, 2.24) is 5.06 Å². The van der Waals surface area contributed by atoms with E-state index in [-0.39, 0.29) is 35.4 Å². The van der Waals surface area contributed by atoms with E-state index >= 15 is 8.78 Å². The van der Waals surface area contributed by atoms with Crippen molar-refractivity contribution < 1.29 is 37.8 Å². The van der Waals surface area contributed by atoms with Crippen LogP contribution in [-0.2, 0) is 30.5 Å². The lowest BCUT2D eigenvalue weighted by molar-refractivity contribution is -0.266. The molecule has 1 aliphatic heterocycles. The summed E-state index contributed by atoms with van der Waals surface area (Å²) < 4.78 is 38.5. The summed E-state index contributed by atoms with van der Waals surface area (Å²) in [7, 11) is 0. The average molecular weight is 622 g/mol. The van der Waals surface area contributed by atoms with Crippen LogP contribution in [0, 0.1) is 28.6 Å². The van der Waals surface area contributed by atoms with Crippen LogP contribution in [0.3, 0.4) is 0 Å². The number of carbonyl (C=O) groups is 3. The fraction of sp³-hybridized carbons (Fsp3) is 0.581. The van der Waals surface area contributed by atoms with Gasteiger partial charge in [0.25, 0.3) is 0 Å². The van der Waals surface area contributed by atoms with E-state index in [0.29, 0.717) is 24.5 Å². The van der Waals surface area contributed by atoms with Crippen molar-refractivity contribution in [3.8, 4) is 0 Å². The Labute approximate surface area is 252 Å². The highest BCUT2D eigenvalue weighted by molar-refractivity contribution is 8.13. The molecule has 0 radical (unpaired) electrons. The number of fused-ring (bicyclic) bond motifs is 7. The largest absolute Gasteiger partial charge is 0.454 e. The van der Waals surface area contributed by atoms with Crippen molar-refractivity contribution in [3.05, 3.63) is 58.7 Å². The number of aliphatic hydroxyl groups excluding tert-OH is 1. The van der Waals surface area contributed by atoms with E-state index in [9.17, 15) is 19.5 Å². The van der Waals surface area contributed by atoms with E-state index in [0.717, 1.165) is 17.3 Å². The summed E-state index contributed by atoms with van der Waals surface area (Å²) in [6.07, 6.45) is 0.781. The Morgan fingerprint density at radius 2 is 1.93 bits per heavy atom. The SMILES string of the molecule is CC(=O)OCSC(=O)[C@@]12ON(Cc3ccc(Cl)cc3)C[C@@H]1C[C@H]1[C@@H]3C[C@H](F)C4=CC(=O)C=C[C@]4(C)[C@@]3(F)[C@@H](O)C[C@@]12C. The molecule has 7 nitrogen and oxygen atoms in total. The van der Waals surface area contributed by atoms with E-state index in [1.165, 1.54) is 25.2 Å². The highest BCUT2D eigenvalue weighted by Gasteiger charge is 2.79. The zero-order valence-electron chi connectivity index (χ0n) is 23.6. The molecule has 4 aliphatic carbocycles. The summed E-state index contributed by atoms with van der Waals surface area (Å²) in [5, 5.41) is 13.7. The third-order valence-corrected chi connectivity index (χ3v) is 11.8. The normalized spacial score (nSPS) is 42.3. The van der Waals surface area contributed by atoms with Crippen LogP contribution >= 0.6 is 23.4 Å². The van der Waals surface area contributed by atoms with Crippen LogP contribution < -0.4 is 0 Å². The van der Waals surface area contributed by atoms with Crippen LogP contribution in [0.4, 0.5) is 8.78 Å². The monoisotopic (exact) mass is 621 g/mol. The third-order valence-electron chi connectivity index (χ3n) is 10.7. The predicted octanol–water partition coefficient (Wildman–Crippen LogP) is 5.15. The van der Waals surface area contributed by atoms with Gasteiger partial charge in [-0.05, 0) is 79.3 Å². The van der Waals surface area contributed by atoms with Crippen LogP contribution in [0.2, 0.25) is 5.02 Å². The molecule has 1 saturated heterocycles. The molecule has 9 atom stereocenters. The summed E-state index contributed by atoms with van der Waals surface area (Å²) >= 11 is 6.88. The molecule has 0 amide bonds. The summed E-state index contributed by atoms with van der Waals surface area (Å²) in [6, 6.07) is 7.28. The Morgan fingerprint density at radius 1 is 1.21 bits per heavy atom. The Kier molecular flexibility index (Phi) is 7.29. The molecule has 1 N–H and O–H groups in total. The van der Waals surface area contributed by atoms with Gasteiger partial charge in [-0.1, -0.05) is 36.7 Å². The number of ether oxygens (including phenoxy) is 1. The second kappa shape index (κ2) is 10.2. The van der Waals surface area contributed by atoms with Gasteiger partial charge < -0.3 is 9.84 Å². The Bertz CT molecular complexity index is 1390. The molecular weight excluding hydrogens is 588 g/mol. The van der Waals surface area contributed by atoms with Gasteiger partial charge in [-0.25, -0.2) is 8.78 Å². The van der Waals surface area contributed by atoms with Gasteiger partial charge in [0.2, 0.25) is 5.12 Å². The molecule has 1 aromatic carbocycles. The van der Waals surface area contributed by atoms with Crippen LogP contribution in [0.1, 0.15) is 45.6 Å². The molecule has 0 unspecified atom stereocenters. The molecule has 42 heavy (non-hydrogen) atoms. The number of hydrogen-bond donors (Lipinski definition) is 1. The molecule has 5 aliphatic rings. The van der Waals surface area contributed by atoms with Crippen LogP contribution in [0.15, 0.2) is 48.1 Å². The van der Waals surface area contributed by atoms with Crippen LogP contribution in [-0.4, -0.2) is 63.1 Å². The van der Waals surface area contributed by atoms with E-state index in [1.54, 1.807) is 24.1 Å². The summed E-state index contributed by atoms with van der Waals surface area (Å²) in [4.78, 5) is 44.4. The van der Waals surface area contributed by atoms with Crippen molar-refractivity contribution in [2.75, 3.05) is 12.5 Å². The predicted molar refractivity (Wildman–Crippen MR) is 152 cm³/mol. The molecule has 3 saturated carbocycles. The number of halogens is 3. The zero-order chi connectivity index (χ0) is 30.2. The molecule has 0 bridgehead atoms. The maximum atomic E-state index is 17.6. The van der Waals surface area contributed by atoms with Gasteiger partial charge >= 0.3 is 5.97 Å². The number of carbonyl (C=O) groups excluding carboxylic acids is 3. The van der Waals surface area contributed by atoms with Crippen LogP contribution in [0.5, 0.6) is 0 Å². The number of thioether (sulfide) groups is 1. The molecule has 4 fully saturated rings. The van der Waals surface area contributed by atoms with Gasteiger partial charge in [0, 0.05) is 47.7 Å². The minimum absolute atomic E-state index is 0.0581. The summed E-state index contributed by atoms with van der Waals surface area (Å²) in [6.45, 7) is 5.39. The Morgan fingerprint density at radius 3 is 2.62 bits per heavy atom. The maximum absolute atomic E-state index is 17.6. The number of aliphatic hydroxyl groups is 1. The molecule has 1 heterocycles. The van der Waals surface area contributed by atoms with Crippen molar-refractivity contribution in [2.45, 2.75) is 70.1 Å². The number of allylic oxidation sites excluding steroid dienone is 4. The van der Waals surface area contributed by atoms with Gasteiger partial charge in [0.05, 0.1) is 6.10 Å². The van der Waals surface area contributed by atoms with E-state index < -0.39 is 58.0 Å². The van der Waals surface area contributed by atoms with Gasteiger partial charge in [-0.3, -0.25) is 19.2 Å². The summed E-state index contributed by atoms with van der Waals surface area (Å²) in [5.41, 5.74) is -5.30. The van der Waals surface area contributed by atoms with Crippen molar-refractivity contribution in [2.24, 2.45) is 28.6 Å². The van der Waals surface area contributed by atoms with Crippen molar-refractivity contribution in [3.63, 3.8) is 0 Å². The first-order valence-corrected chi connectivity index (χ1v) is 15.6. The van der Waals surface area contributed by atoms with Crippen molar-refractivity contribution >= 4 is 40.2 Å². The minimum atomic E-state index is -2.25. The molecule has 226 valence electrons. The van der Waals surface area contributed by atoms with E-state index in [2.05, 4.69) is 0 Å². The molecule has 6 rings (SSSR count). The highest BCUT2D eigenvalue weighted by atomic mass is 35.5. The fourth-order valence-electron chi connectivity index (χ4n) is 8.82. The average Bonchev–Trinajstić information content (AvgIpc) is 3.40. The molecular formula is C31H34ClF2NO6S. The Hall–Kier alpha value is -2.11. The number of nitrogens with zero attached hydrogens (tertiary/aromatic N) is 1. The number of rotatable bonds is 5. The lowest BCUT2D eigenvalue weighted by Gasteiger charge is -2.63. The quantitative estimate of drug-likeness (QED) is 0.357. The first-order valence-electron chi connectivity index (χ1n) is 14.2.